The van der Waals surface area contributed by atoms with Gasteiger partial charge >= 0.3 is 0 Å². The minimum absolute atomic E-state index is 0.0512. The molecule has 0 bridgehead atoms. The Hall–Kier alpha value is -1.62. The summed E-state index contributed by atoms with van der Waals surface area (Å²) >= 11 is 0. The standard InChI is InChI=1S/C14H21FN2O2/c1-10(16)12-7-6-11(15)9-13(12)19-8-4-5-14(18)17(2)3/h6-7,9-10H,4-5,8,16H2,1-3H3. The Morgan fingerprint density at radius 1 is 1.47 bits per heavy atom. The molecule has 1 aromatic rings. The molecule has 0 spiro atoms. The molecule has 0 heterocycles. The molecule has 0 saturated carbocycles. The van der Waals surface area contributed by atoms with Crippen LogP contribution in [-0.4, -0.2) is 31.5 Å². The molecule has 1 unspecified atom stereocenters. The fourth-order valence-corrected chi connectivity index (χ4v) is 1.64. The van der Waals surface area contributed by atoms with Gasteiger partial charge in [-0.15, -0.1) is 0 Å². The summed E-state index contributed by atoms with van der Waals surface area (Å²) in [6.07, 6.45) is 1.00. The number of carbonyl (C=O) groups excluding carboxylic acids is 1. The lowest BCUT2D eigenvalue weighted by molar-refractivity contribution is -0.128. The second-order valence-electron chi connectivity index (χ2n) is 4.71. The van der Waals surface area contributed by atoms with Gasteiger partial charge < -0.3 is 15.4 Å². The number of hydrogen-bond acceptors (Lipinski definition) is 3. The number of nitrogens with two attached hydrogens (primary N) is 1. The van der Waals surface area contributed by atoms with Crippen LogP contribution in [0.3, 0.4) is 0 Å². The highest BCUT2D eigenvalue weighted by Gasteiger charge is 2.10. The first-order chi connectivity index (χ1) is 8.91. The van der Waals surface area contributed by atoms with Crippen molar-refractivity contribution in [2.24, 2.45) is 5.73 Å². The average Bonchev–Trinajstić information content (AvgIpc) is 2.33. The van der Waals surface area contributed by atoms with Crippen LogP contribution >= 0.6 is 0 Å². The Balaban J connectivity index is 2.53. The monoisotopic (exact) mass is 268 g/mol. The summed E-state index contributed by atoms with van der Waals surface area (Å²) < 4.78 is 18.7. The number of hydrogen-bond donors (Lipinski definition) is 1. The van der Waals surface area contributed by atoms with Gasteiger partial charge in [-0.05, 0) is 19.4 Å². The van der Waals surface area contributed by atoms with Gasteiger partial charge in [0, 0.05) is 38.2 Å². The van der Waals surface area contributed by atoms with Crippen molar-refractivity contribution in [3.05, 3.63) is 29.6 Å². The molecule has 1 aromatic carbocycles. The van der Waals surface area contributed by atoms with Crippen LogP contribution in [0.15, 0.2) is 18.2 Å². The first-order valence-corrected chi connectivity index (χ1v) is 6.29. The van der Waals surface area contributed by atoms with Crippen LogP contribution in [0.2, 0.25) is 0 Å². The largest absolute Gasteiger partial charge is 0.493 e. The van der Waals surface area contributed by atoms with E-state index >= 15 is 0 Å². The molecule has 0 aliphatic carbocycles. The quantitative estimate of drug-likeness (QED) is 0.804. The van der Waals surface area contributed by atoms with Gasteiger partial charge in [-0.3, -0.25) is 4.79 Å². The zero-order valence-corrected chi connectivity index (χ0v) is 11.6. The second kappa shape index (κ2) is 7.09. The Bertz CT molecular complexity index is 433. The summed E-state index contributed by atoms with van der Waals surface area (Å²) in [4.78, 5) is 12.9. The van der Waals surface area contributed by atoms with Crippen molar-refractivity contribution in [3.63, 3.8) is 0 Å². The minimum atomic E-state index is -0.358. The van der Waals surface area contributed by atoms with E-state index in [1.54, 1.807) is 20.2 Å². The van der Waals surface area contributed by atoms with Gasteiger partial charge in [0.1, 0.15) is 11.6 Å². The molecule has 106 valence electrons. The number of amides is 1. The molecule has 2 N–H and O–H groups in total. The average molecular weight is 268 g/mol. The lowest BCUT2D eigenvalue weighted by Gasteiger charge is -2.14. The lowest BCUT2D eigenvalue weighted by Crippen LogP contribution is -2.21. The van der Waals surface area contributed by atoms with E-state index in [1.807, 2.05) is 6.92 Å². The highest BCUT2D eigenvalue weighted by molar-refractivity contribution is 5.75. The van der Waals surface area contributed by atoms with Gasteiger partial charge in [0.25, 0.3) is 0 Å². The van der Waals surface area contributed by atoms with E-state index in [9.17, 15) is 9.18 Å². The maximum Gasteiger partial charge on any atom is 0.222 e. The zero-order chi connectivity index (χ0) is 14.4. The number of benzene rings is 1. The summed E-state index contributed by atoms with van der Waals surface area (Å²) in [6, 6.07) is 4.09. The van der Waals surface area contributed by atoms with E-state index in [0.29, 0.717) is 25.2 Å². The first-order valence-electron chi connectivity index (χ1n) is 6.29. The molecule has 0 fully saturated rings. The van der Waals surface area contributed by atoms with E-state index < -0.39 is 0 Å². The molecule has 1 atom stereocenters. The van der Waals surface area contributed by atoms with Crippen molar-refractivity contribution in [2.75, 3.05) is 20.7 Å². The number of halogens is 1. The van der Waals surface area contributed by atoms with E-state index in [0.717, 1.165) is 5.56 Å². The molecule has 0 saturated heterocycles. The van der Waals surface area contributed by atoms with Crippen LogP contribution in [0.5, 0.6) is 5.75 Å². The third-order valence-corrected chi connectivity index (χ3v) is 2.76. The van der Waals surface area contributed by atoms with Gasteiger partial charge in [-0.2, -0.15) is 0 Å². The molecule has 19 heavy (non-hydrogen) atoms. The third kappa shape index (κ3) is 4.87. The van der Waals surface area contributed by atoms with Gasteiger partial charge in [0.15, 0.2) is 0 Å². The van der Waals surface area contributed by atoms with Crippen LogP contribution in [0.25, 0.3) is 0 Å². The maximum atomic E-state index is 13.2. The minimum Gasteiger partial charge on any atom is -0.493 e. The summed E-state index contributed by atoms with van der Waals surface area (Å²) in [6.45, 7) is 2.18. The Morgan fingerprint density at radius 2 is 2.16 bits per heavy atom. The first kappa shape index (κ1) is 15.4. The fourth-order valence-electron chi connectivity index (χ4n) is 1.64. The Morgan fingerprint density at radius 3 is 2.74 bits per heavy atom. The van der Waals surface area contributed by atoms with Crippen molar-refractivity contribution >= 4 is 5.91 Å². The van der Waals surface area contributed by atoms with E-state index in [4.69, 9.17) is 10.5 Å². The molecule has 4 nitrogen and oxygen atoms in total. The number of carbonyl (C=O) groups is 1. The van der Waals surface area contributed by atoms with E-state index in [2.05, 4.69) is 0 Å². The van der Waals surface area contributed by atoms with Gasteiger partial charge in [0.05, 0.1) is 6.61 Å². The third-order valence-electron chi connectivity index (χ3n) is 2.76. The van der Waals surface area contributed by atoms with Gasteiger partial charge in [0.2, 0.25) is 5.91 Å². The SMILES string of the molecule is CC(N)c1ccc(F)cc1OCCCC(=O)N(C)C. The predicted octanol–water partition coefficient (Wildman–Crippen LogP) is 2.09. The number of ether oxygens (including phenoxy) is 1. The molecule has 0 aromatic heterocycles. The zero-order valence-electron chi connectivity index (χ0n) is 11.6. The molecular formula is C14H21FN2O2. The topological polar surface area (TPSA) is 55.6 Å². The van der Waals surface area contributed by atoms with Gasteiger partial charge in [-0.1, -0.05) is 6.07 Å². The van der Waals surface area contributed by atoms with E-state index in [1.165, 1.54) is 17.0 Å². The summed E-state index contributed by atoms with van der Waals surface area (Å²) in [7, 11) is 3.42. The summed E-state index contributed by atoms with van der Waals surface area (Å²) in [5.41, 5.74) is 6.56. The van der Waals surface area contributed by atoms with Crippen molar-refractivity contribution in [3.8, 4) is 5.75 Å². The Labute approximate surface area is 113 Å². The van der Waals surface area contributed by atoms with Crippen LogP contribution in [-0.2, 0) is 4.79 Å². The van der Waals surface area contributed by atoms with Crippen LogP contribution < -0.4 is 10.5 Å². The van der Waals surface area contributed by atoms with Crippen molar-refractivity contribution in [1.82, 2.24) is 4.90 Å². The fraction of sp³-hybridized carbons (Fsp3) is 0.500. The highest BCUT2D eigenvalue weighted by atomic mass is 19.1. The molecule has 0 aliphatic rings. The lowest BCUT2D eigenvalue weighted by atomic mass is 10.1. The molecule has 5 heteroatoms. The summed E-state index contributed by atoms with van der Waals surface area (Å²) in [5, 5.41) is 0. The maximum absolute atomic E-state index is 13.2. The van der Waals surface area contributed by atoms with Crippen LogP contribution in [0.4, 0.5) is 4.39 Å². The van der Waals surface area contributed by atoms with Crippen LogP contribution in [0.1, 0.15) is 31.4 Å². The summed E-state index contributed by atoms with van der Waals surface area (Å²) in [5.74, 6) is 0.145. The molecule has 1 amide bonds. The molecule has 1 rings (SSSR count). The van der Waals surface area contributed by atoms with E-state index in [-0.39, 0.29) is 17.8 Å². The smallest absolute Gasteiger partial charge is 0.222 e. The number of nitrogens with zero attached hydrogens (tertiary/aromatic N) is 1. The second-order valence-corrected chi connectivity index (χ2v) is 4.71. The highest BCUT2D eigenvalue weighted by Crippen LogP contribution is 2.25. The van der Waals surface area contributed by atoms with Crippen LogP contribution in [0, 0.1) is 5.82 Å². The Kier molecular flexibility index (Phi) is 5.76. The molecule has 0 radical (unpaired) electrons. The molecular weight excluding hydrogens is 247 g/mol. The predicted molar refractivity (Wildman–Crippen MR) is 72.4 cm³/mol. The number of rotatable bonds is 6. The normalized spacial score (nSPS) is 12.1. The molecule has 0 aliphatic heterocycles. The van der Waals surface area contributed by atoms with Crippen molar-refractivity contribution in [1.29, 1.82) is 0 Å². The van der Waals surface area contributed by atoms with Gasteiger partial charge in [-0.25, -0.2) is 4.39 Å². The van der Waals surface area contributed by atoms with Crippen molar-refractivity contribution in [2.45, 2.75) is 25.8 Å². The van der Waals surface area contributed by atoms with Crippen molar-refractivity contribution < 1.29 is 13.9 Å².